The van der Waals surface area contributed by atoms with Gasteiger partial charge in [-0.1, -0.05) is 83.8 Å². The SMILES string of the molecule is O=S(=O)(Cc1ccccc1)Nc1nnc(SCc2ccccc2)s1. The Balaban J connectivity index is 1.59. The van der Waals surface area contributed by atoms with Crippen LogP contribution in [0, 0.1) is 0 Å². The molecule has 3 aromatic rings. The highest BCUT2D eigenvalue weighted by Gasteiger charge is 2.15. The molecule has 1 N–H and O–H groups in total. The van der Waals surface area contributed by atoms with Gasteiger partial charge in [0.1, 0.15) is 0 Å². The molecule has 0 amide bonds. The Hall–Kier alpha value is -1.90. The highest BCUT2D eigenvalue weighted by atomic mass is 32.2. The number of hydrogen-bond acceptors (Lipinski definition) is 6. The molecular weight excluding hydrogens is 362 g/mol. The van der Waals surface area contributed by atoms with E-state index in [1.54, 1.807) is 12.1 Å². The summed E-state index contributed by atoms with van der Waals surface area (Å²) in [6, 6.07) is 19.1. The molecule has 0 saturated heterocycles. The maximum absolute atomic E-state index is 12.2. The lowest BCUT2D eigenvalue weighted by Gasteiger charge is -2.04. The number of nitrogens with zero attached hydrogens (tertiary/aromatic N) is 2. The van der Waals surface area contributed by atoms with E-state index in [-0.39, 0.29) is 5.75 Å². The van der Waals surface area contributed by atoms with Gasteiger partial charge in [-0.05, 0) is 11.1 Å². The zero-order valence-corrected chi connectivity index (χ0v) is 15.1. The Bertz CT molecular complexity index is 881. The van der Waals surface area contributed by atoms with Crippen LogP contribution in [0.4, 0.5) is 5.13 Å². The largest absolute Gasteiger partial charge is 0.257 e. The lowest BCUT2D eigenvalue weighted by atomic mass is 10.2. The molecule has 1 aromatic heterocycles. The standard InChI is InChI=1S/C16H15N3O2S3/c20-24(21,12-14-9-5-2-6-10-14)19-15-17-18-16(23-15)22-11-13-7-3-1-4-8-13/h1-10H,11-12H2,(H,17,19). The van der Waals surface area contributed by atoms with Crippen molar-refractivity contribution >= 4 is 38.3 Å². The van der Waals surface area contributed by atoms with Gasteiger partial charge in [0.2, 0.25) is 15.2 Å². The smallest absolute Gasteiger partial charge is 0.238 e. The molecule has 0 spiro atoms. The molecule has 0 bridgehead atoms. The van der Waals surface area contributed by atoms with E-state index in [9.17, 15) is 8.42 Å². The number of rotatable bonds is 7. The number of thioether (sulfide) groups is 1. The second-order valence-corrected chi connectivity index (χ2v) is 8.92. The lowest BCUT2D eigenvalue weighted by molar-refractivity contribution is 0.600. The normalized spacial score (nSPS) is 11.3. The Kier molecular flexibility index (Phi) is 5.49. The van der Waals surface area contributed by atoms with E-state index in [0.29, 0.717) is 5.13 Å². The summed E-state index contributed by atoms with van der Waals surface area (Å²) in [4.78, 5) is 0. The third-order valence-corrected chi connectivity index (χ3v) is 6.44. The molecule has 0 fully saturated rings. The van der Waals surface area contributed by atoms with Crippen molar-refractivity contribution < 1.29 is 8.42 Å². The van der Waals surface area contributed by atoms with Gasteiger partial charge in [0.25, 0.3) is 0 Å². The maximum Gasteiger partial charge on any atom is 0.238 e. The summed E-state index contributed by atoms with van der Waals surface area (Å²) in [7, 11) is -3.49. The van der Waals surface area contributed by atoms with E-state index in [1.807, 2.05) is 48.5 Å². The van der Waals surface area contributed by atoms with Crippen molar-refractivity contribution in [2.45, 2.75) is 15.8 Å². The van der Waals surface area contributed by atoms with Crippen LogP contribution in [0.1, 0.15) is 11.1 Å². The van der Waals surface area contributed by atoms with Gasteiger partial charge in [-0.3, -0.25) is 4.72 Å². The third kappa shape index (κ3) is 5.05. The molecule has 124 valence electrons. The van der Waals surface area contributed by atoms with E-state index in [1.165, 1.54) is 28.7 Å². The fraction of sp³-hybridized carbons (Fsp3) is 0.125. The first-order valence-electron chi connectivity index (χ1n) is 7.15. The summed E-state index contributed by atoms with van der Waals surface area (Å²) in [6.45, 7) is 0. The van der Waals surface area contributed by atoms with Crippen LogP contribution in [0.3, 0.4) is 0 Å². The Morgan fingerprint density at radius 1 is 0.917 bits per heavy atom. The predicted molar refractivity (Wildman–Crippen MR) is 98.6 cm³/mol. The monoisotopic (exact) mass is 377 g/mol. The van der Waals surface area contributed by atoms with Crippen LogP contribution in [0.15, 0.2) is 65.0 Å². The summed E-state index contributed by atoms with van der Waals surface area (Å²) in [5.74, 6) is 0.687. The molecular formula is C16H15N3O2S3. The Labute approximate surface area is 149 Å². The summed E-state index contributed by atoms with van der Waals surface area (Å²) < 4.78 is 27.6. The van der Waals surface area contributed by atoms with Gasteiger partial charge in [-0.2, -0.15) is 0 Å². The summed E-state index contributed by atoms with van der Waals surface area (Å²) in [5, 5.41) is 8.23. The quantitative estimate of drug-likeness (QED) is 0.635. The first kappa shape index (κ1) is 16.9. The topological polar surface area (TPSA) is 72.0 Å². The van der Waals surface area contributed by atoms with Crippen LogP contribution in [0.25, 0.3) is 0 Å². The van der Waals surface area contributed by atoms with Crippen molar-refractivity contribution in [2.24, 2.45) is 0 Å². The van der Waals surface area contributed by atoms with Crippen molar-refractivity contribution in [3.8, 4) is 0 Å². The third-order valence-electron chi connectivity index (χ3n) is 3.05. The number of benzene rings is 2. The zero-order valence-electron chi connectivity index (χ0n) is 12.6. The van der Waals surface area contributed by atoms with E-state index in [4.69, 9.17) is 0 Å². The van der Waals surface area contributed by atoms with Crippen LogP contribution in [0.2, 0.25) is 0 Å². The van der Waals surface area contributed by atoms with E-state index >= 15 is 0 Å². The van der Waals surface area contributed by atoms with Crippen molar-refractivity contribution in [1.82, 2.24) is 10.2 Å². The average Bonchev–Trinajstić information content (AvgIpc) is 3.01. The van der Waals surface area contributed by atoms with E-state index in [0.717, 1.165) is 15.7 Å². The summed E-state index contributed by atoms with van der Waals surface area (Å²) in [6.07, 6.45) is 0. The molecule has 0 aliphatic heterocycles. The Morgan fingerprint density at radius 3 is 2.21 bits per heavy atom. The molecule has 2 aromatic carbocycles. The molecule has 0 aliphatic carbocycles. The van der Waals surface area contributed by atoms with Gasteiger partial charge in [-0.15, -0.1) is 10.2 Å². The average molecular weight is 378 g/mol. The molecule has 0 saturated carbocycles. The van der Waals surface area contributed by atoms with Crippen LogP contribution >= 0.6 is 23.1 Å². The van der Waals surface area contributed by atoms with Gasteiger partial charge in [0, 0.05) is 5.75 Å². The number of sulfonamides is 1. The first-order valence-corrected chi connectivity index (χ1v) is 10.6. The molecule has 0 radical (unpaired) electrons. The zero-order chi connectivity index (χ0) is 16.8. The molecule has 5 nitrogen and oxygen atoms in total. The van der Waals surface area contributed by atoms with Gasteiger partial charge in [0.15, 0.2) is 4.34 Å². The lowest BCUT2D eigenvalue weighted by Crippen LogP contribution is -2.14. The van der Waals surface area contributed by atoms with Crippen LogP contribution in [-0.2, 0) is 21.5 Å². The van der Waals surface area contributed by atoms with Gasteiger partial charge in [-0.25, -0.2) is 8.42 Å². The van der Waals surface area contributed by atoms with Crippen molar-refractivity contribution in [1.29, 1.82) is 0 Å². The fourth-order valence-corrected chi connectivity index (χ4v) is 5.11. The molecule has 8 heteroatoms. The number of anilines is 1. The number of nitrogens with one attached hydrogen (secondary N) is 1. The molecule has 0 atom stereocenters. The molecule has 1 heterocycles. The molecule has 24 heavy (non-hydrogen) atoms. The Morgan fingerprint density at radius 2 is 1.54 bits per heavy atom. The minimum atomic E-state index is -3.49. The summed E-state index contributed by atoms with van der Waals surface area (Å²) in [5.41, 5.74) is 1.91. The van der Waals surface area contributed by atoms with Crippen molar-refractivity contribution in [2.75, 3.05) is 4.72 Å². The molecule has 0 aliphatic rings. The maximum atomic E-state index is 12.2. The minimum Gasteiger partial charge on any atom is -0.257 e. The van der Waals surface area contributed by atoms with Gasteiger partial charge in [0.05, 0.1) is 5.75 Å². The minimum absolute atomic E-state index is 0.0834. The van der Waals surface area contributed by atoms with Crippen LogP contribution in [0.5, 0.6) is 0 Å². The highest BCUT2D eigenvalue weighted by molar-refractivity contribution is 8.00. The number of aromatic nitrogens is 2. The molecule has 0 unspecified atom stereocenters. The fourth-order valence-electron chi connectivity index (χ4n) is 1.99. The first-order chi connectivity index (χ1) is 11.6. The van der Waals surface area contributed by atoms with Gasteiger partial charge >= 0.3 is 0 Å². The van der Waals surface area contributed by atoms with Crippen LogP contribution < -0.4 is 4.72 Å². The number of hydrogen-bond donors (Lipinski definition) is 1. The van der Waals surface area contributed by atoms with E-state index in [2.05, 4.69) is 14.9 Å². The van der Waals surface area contributed by atoms with Crippen molar-refractivity contribution in [3.63, 3.8) is 0 Å². The van der Waals surface area contributed by atoms with Crippen LogP contribution in [-0.4, -0.2) is 18.6 Å². The highest BCUT2D eigenvalue weighted by Crippen LogP contribution is 2.28. The summed E-state index contributed by atoms with van der Waals surface area (Å²) >= 11 is 2.77. The predicted octanol–water partition coefficient (Wildman–Crippen LogP) is 3.77. The second-order valence-electron chi connectivity index (χ2n) is 4.99. The van der Waals surface area contributed by atoms with E-state index < -0.39 is 10.0 Å². The van der Waals surface area contributed by atoms with Gasteiger partial charge < -0.3 is 0 Å². The molecule has 3 rings (SSSR count). The van der Waals surface area contributed by atoms with Crippen molar-refractivity contribution in [3.05, 3.63) is 71.8 Å². The second kappa shape index (κ2) is 7.78.